The lowest BCUT2D eigenvalue weighted by Crippen LogP contribution is -2.49. The molecule has 1 aromatic carbocycles. The SMILES string of the molecule is O=C(O)Cn1nnc(-c2cc(N3CCN(C(=O)c4cccc(F)c4C(F)(F)F)CC3)no2)n1. The van der Waals surface area contributed by atoms with Crippen molar-refractivity contribution in [3.63, 3.8) is 0 Å². The molecular weight excluding hydrogens is 454 g/mol. The van der Waals surface area contributed by atoms with Crippen LogP contribution in [0, 0.1) is 5.82 Å². The van der Waals surface area contributed by atoms with E-state index >= 15 is 0 Å². The molecule has 0 unspecified atom stereocenters. The molecular formula is C18H15F4N7O4. The van der Waals surface area contributed by atoms with Gasteiger partial charge in [0.25, 0.3) is 5.91 Å². The molecule has 174 valence electrons. The third-order valence-electron chi connectivity index (χ3n) is 4.87. The molecule has 3 aromatic rings. The Balaban J connectivity index is 1.43. The van der Waals surface area contributed by atoms with Crippen LogP contribution >= 0.6 is 0 Å². The minimum atomic E-state index is -5.00. The molecule has 1 aliphatic heterocycles. The zero-order valence-corrected chi connectivity index (χ0v) is 16.7. The number of amides is 1. The van der Waals surface area contributed by atoms with Gasteiger partial charge in [-0.05, 0) is 17.3 Å². The van der Waals surface area contributed by atoms with Crippen molar-refractivity contribution >= 4 is 17.7 Å². The normalized spacial score (nSPS) is 14.5. The highest BCUT2D eigenvalue weighted by atomic mass is 19.4. The quantitative estimate of drug-likeness (QED) is 0.553. The van der Waals surface area contributed by atoms with E-state index in [2.05, 4.69) is 20.6 Å². The maximum absolute atomic E-state index is 13.8. The number of halogens is 4. The number of alkyl halides is 3. The van der Waals surface area contributed by atoms with Crippen molar-refractivity contribution in [2.24, 2.45) is 0 Å². The summed E-state index contributed by atoms with van der Waals surface area (Å²) in [4.78, 5) is 27.2. The van der Waals surface area contributed by atoms with Crippen LogP contribution in [0.1, 0.15) is 15.9 Å². The summed E-state index contributed by atoms with van der Waals surface area (Å²) in [6.45, 7) is 0.121. The second-order valence-corrected chi connectivity index (χ2v) is 7.03. The van der Waals surface area contributed by atoms with Crippen molar-refractivity contribution < 1.29 is 36.8 Å². The standard InChI is InChI=1S/C18H15F4N7O4/c19-11-3-1-2-10(15(11)18(20,21)22)17(32)28-6-4-27(5-7-28)13-8-12(33-25-13)16-23-26-29(24-16)9-14(30)31/h1-3,8H,4-7,9H2,(H,30,31). The minimum absolute atomic E-state index is 0.0228. The number of aliphatic carboxylic acids is 1. The highest BCUT2D eigenvalue weighted by Crippen LogP contribution is 2.34. The number of anilines is 1. The van der Waals surface area contributed by atoms with Gasteiger partial charge in [-0.15, -0.1) is 10.2 Å². The Bertz CT molecular complexity index is 1180. The van der Waals surface area contributed by atoms with Crippen molar-refractivity contribution in [1.29, 1.82) is 0 Å². The Morgan fingerprint density at radius 2 is 1.88 bits per heavy atom. The van der Waals surface area contributed by atoms with Crippen molar-refractivity contribution in [2.75, 3.05) is 31.1 Å². The molecule has 4 rings (SSSR count). The molecule has 15 heteroatoms. The zero-order chi connectivity index (χ0) is 23.8. The van der Waals surface area contributed by atoms with E-state index in [0.29, 0.717) is 11.9 Å². The molecule has 33 heavy (non-hydrogen) atoms. The first kappa shape index (κ1) is 22.2. The van der Waals surface area contributed by atoms with Crippen LogP contribution in [0.15, 0.2) is 28.8 Å². The molecule has 0 atom stereocenters. The lowest BCUT2D eigenvalue weighted by atomic mass is 10.0. The molecule has 11 nitrogen and oxygen atoms in total. The first-order valence-corrected chi connectivity index (χ1v) is 9.50. The third-order valence-corrected chi connectivity index (χ3v) is 4.87. The first-order chi connectivity index (χ1) is 15.6. The molecule has 0 saturated carbocycles. The summed E-state index contributed by atoms with van der Waals surface area (Å²) in [6.07, 6.45) is -5.00. The predicted molar refractivity (Wildman–Crippen MR) is 100 cm³/mol. The van der Waals surface area contributed by atoms with Crippen LogP contribution in [-0.2, 0) is 17.5 Å². The van der Waals surface area contributed by atoms with Gasteiger partial charge in [-0.3, -0.25) is 9.59 Å². The number of aromatic nitrogens is 5. The highest BCUT2D eigenvalue weighted by Gasteiger charge is 2.39. The Kier molecular flexibility index (Phi) is 5.69. The van der Waals surface area contributed by atoms with Crippen molar-refractivity contribution in [1.82, 2.24) is 30.3 Å². The molecule has 0 radical (unpaired) electrons. The van der Waals surface area contributed by atoms with Gasteiger partial charge in [-0.1, -0.05) is 11.2 Å². The van der Waals surface area contributed by atoms with Gasteiger partial charge in [0, 0.05) is 32.2 Å². The van der Waals surface area contributed by atoms with Crippen LogP contribution in [0.4, 0.5) is 23.4 Å². The predicted octanol–water partition coefficient (Wildman–Crippen LogP) is 1.53. The Morgan fingerprint density at radius 3 is 2.55 bits per heavy atom. The Hall–Kier alpha value is -4.04. The van der Waals surface area contributed by atoms with Crippen LogP contribution in [0.2, 0.25) is 0 Å². The largest absolute Gasteiger partial charge is 0.480 e. The van der Waals surface area contributed by atoms with Crippen LogP contribution in [0.3, 0.4) is 0 Å². The van der Waals surface area contributed by atoms with Crippen LogP contribution in [0.5, 0.6) is 0 Å². The summed E-state index contributed by atoms with van der Waals surface area (Å²) in [5, 5.41) is 23.8. The molecule has 1 fully saturated rings. The summed E-state index contributed by atoms with van der Waals surface area (Å²) >= 11 is 0. The van der Waals surface area contributed by atoms with Crippen LogP contribution in [-0.4, -0.2) is 73.4 Å². The number of carbonyl (C=O) groups is 2. The number of carbonyl (C=O) groups excluding carboxylic acids is 1. The van der Waals surface area contributed by atoms with Crippen LogP contribution in [0.25, 0.3) is 11.6 Å². The number of rotatable bonds is 5. The molecule has 1 amide bonds. The second kappa shape index (κ2) is 8.48. The van der Waals surface area contributed by atoms with Gasteiger partial charge in [0.2, 0.25) is 11.6 Å². The van der Waals surface area contributed by atoms with E-state index < -0.39 is 41.5 Å². The third kappa shape index (κ3) is 4.61. The Morgan fingerprint density at radius 1 is 1.15 bits per heavy atom. The molecule has 1 saturated heterocycles. The average molecular weight is 469 g/mol. The molecule has 1 aliphatic rings. The lowest BCUT2D eigenvalue weighted by molar-refractivity contribution is -0.140. The second-order valence-electron chi connectivity index (χ2n) is 7.03. The number of tetrazole rings is 1. The molecule has 0 spiro atoms. The van der Waals surface area contributed by atoms with E-state index in [9.17, 15) is 27.2 Å². The van der Waals surface area contributed by atoms with Gasteiger partial charge in [0.15, 0.2) is 12.4 Å². The van der Waals surface area contributed by atoms with E-state index in [-0.39, 0.29) is 37.8 Å². The Labute approximate surface area is 182 Å². The van der Waals surface area contributed by atoms with Gasteiger partial charge in [0.1, 0.15) is 11.4 Å². The zero-order valence-electron chi connectivity index (χ0n) is 16.7. The summed E-state index contributed by atoms with van der Waals surface area (Å²) in [6, 6.07) is 4.17. The van der Waals surface area contributed by atoms with Crippen molar-refractivity contribution in [3.05, 3.63) is 41.2 Å². The summed E-state index contributed by atoms with van der Waals surface area (Å²) < 4.78 is 58.7. The van der Waals surface area contributed by atoms with Crippen LogP contribution < -0.4 is 4.90 Å². The fourth-order valence-electron chi connectivity index (χ4n) is 3.35. The molecule has 1 N–H and O–H groups in total. The number of piperazine rings is 1. The number of carboxylic acids is 1. The summed E-state index contributed by atoms with van der Waals surface area (Å²) in [5.74, 6) is -3.04. The highest BCUT2D eigenvalue weighted by molar-refractivity contribution is 5.96. The number of benzene rings is 1. The van der Waals surface area contributed by atoms with E-state index in [0.717, 1.165) is 16.9 Å². The first-order valence-electron chi connectivity index (χ1n) is 9.50. The van der Waals surface area contributed by atoms with Gasteiger partial charge in [-0.25, -0.2) is 4.39 Å². The molecule has 0 aliphatic carbocycles. The number of nitrogens with zero attached hydrogens (tertiary/aromatic N) is 7. The van der Waals surface area contributed by atoms with E-state index in [4.69, 9.17) is 9.63 Å². The molecule has 3 heterocycles. The fraction of sp³-hybridized carbons (Fsp3) is 0.333. The van der Waals surface area contributed by atoms with Gasteiger partial charge >= 0.3 is 12.1 Å². The topological polar surface area (TPSA) is 130 Å². The van der Waals surface area contributed by atoms with Gasteiger partial charge in [0.05, 0.1) is 5.56 Å². The molecule has 0 bridgehead atoms. The maximum atomic E-state index is 13.8. The number of hydrogen-bond donors (Lipinski definition) is 1. The van der Waals surface area contributed by atoms with Gasteiger partial charge in [-0.2, -0.15) is 18.0 Å². The van der Waals surface area contributed by atoms with Crippen molar-refractivity contribution in [3.8, 4) is 11.6 Å². The smallest absolute Gasteiger partial charge is 0.420 e. The lowest BCUT2D eigenvalue weighted by Gasteiger charge is -2.35. The maximum Gasteiger partial charge on any atom is 0.420 e. The van der Waals surface area contributed by atoms with Gasteiger partial charge < -0.3 is 19.4 Å². The monoisotopic (exact) mass is 469 g/mol. The molecule has 2 aromatic heterocycles. The minimum Gasteiger partial charge on any atom is -0.480 e. The summed E-state index contributed by atoms with van der Waals surface area (Å²) in [7, 11) is 0. The number of carboxylic acid groups (broad SMARTS) is 1. The summed E-state index contributed by atoms with van der Waals surface area (Å²) in [5.41, 5.74) is -2.32. The van der Waals surface area contributed by atoms with Crippen molar-refractivity contribution in [2.45, 2.75) is 12.7 Å². The average Bonchev–Trinajstić information content (AvgIpc) is 3.41. The van der Waals surface area contributed by atoms with E-state index in [1.807, 2.05) is 0 Å². The van der Waals surface area contributed by atoms with E-state index in [1.54, 1.807) is 4.90 Å². The van der Waals surface area contributed by atoms with E-state index in [1.165, 1.54) is 11.0 Å². The fourth-order valence-corrected chi connectivity index (χ4v) is 3.35. The number of hydrogen-bond acceptors (Lipinski definition) is 8.